The minimum Gasteiger partial charge on any atom is -0.394 e. The predicted octanol–water partition coefficient (Wildman–Crippen LogP) is -0.0262. The van der Waals surface area contributed by atoms with Gasteiger partial charge in [0.1, 0.15) is 6.10 Å². The van der Waals surface area contributed by atoms with Crippen molar-refractivity contribution in [3.63, 3.8) is 0 Å². The number of aliphatic hydroxyl groups excluding tert-OH is 2. The van der Waals surface area contributed by atoms with Crippen molar-refractivity contribution in [2.45, 2.75) is 24.4 Å². The van der Waals surface area contributed by atoms with E-state index in [9.17, 15) is 10.2 Å². The summed E-state index contributed by atoms with van der Waals surface area (Å²) in [7, 11) is 0. The van der Waals surface area contributed by atoms with Gasteiger partial charge in [0.15, 0.2) is 0 Å². The Morgan fingerprint density at radius 3 is 2.53 bits per heavy atom. The Kier molecular flexibility index (Phi) is 2.75. The average Bonchev–Trinajstić information content (AvgIpc) is 2.57. The molecule has 82 valence electrons. The molecule has 2 rings (SSSR count). The maximum Gasteiger partial charge on any atom is 0.219 e. The summed E-state index contributed by atoms with van der Waals surface area (Å²) >= 11 is 0. The highest BCUT2D eigenvalue weighted by Crippen LogP contribution is 2.36. The molecule has 0 radical (unpaired) electrons. The molecule has 1 aliphatic rings. The maximum absolute atomic E-state index is 10.1. The molecule has 1 aromatic carbocycles. The second-order valence-corrected chi connectivity index (χ2v) is 3.74. The summed E-state index contributed by atoms with van der Waals surface area (Å²) in [5.41, 5.74) is 0.508. The van der Waals surface area contributed by atoms with Gasteiger partial charge in [-0.05, 0) is 0 Å². The Morgan fingerprint density at radius 1 is 1.33 bits per heavy atom. The van der Waals surface area contributed by atoms with Crippen LogP contribution in [-0.4, -0.2) is 34.1 Å². The zero-order valence-corrected chi connectivity index (χ0v) is 8.21. The van der Waals surface area contributed by atoms with Gasteiger partial charge < -0.3 is 20.1 Å². The van der Waals surface area contributed by atoms with Gasteiger partial charge in [-0.3, -0.25) is 0 Å². The van der Waals surface area contributed by atoms with Crippen molar-refractivity contribution in [3.05, 3.63) is 35.9 Å². The number of benzene rings is 1. The molecule has 1 heterocycles. The van der Waals surface area contributed by atoms with Crippen LogP contribution >= 0.6 is 0 Å². The SMILES string of the molecule is OC[C@@H]1C[C@@H](O)[C@](O)(c2ccccc2)O1. The molecule has 4 heteroatoms. The summed E-state index contributed by atoms with van der Waals surface area (Å²) in [4.78, 5) is 0. The fourth-order valence-electron chi connectivity index (χ4n) is 1.84. The summed E-state index contributed by atoms with van der Waals surface area (Å²) in [5.74, 6) is -1.69. The van der Waals surface area contributed by atoms with Crippen LogP contribution in [0.1, 0.15) is 12.0 Å². The normalized spacial score (nSPS) is 35.7. The molecule has 1 aliphatic heterocycles. The molecular weight excluding hydrogens is 196 g/mol. The molecule has 0 aromatic heterocycles. The monoisotopic (exact) mass is 210 g/mol. The second kappa shape index (κ2) is 3.90. The van der Waals surface area contributed by atoms with Gasteiger partial charge in [-0.1, -0.05) is 30.3 Å². The van der Waals surface area contributed by atoms with E-state index in [-0.39, 0.29) is 13.0 Å². The first-order valence-electron chi connectivity index (χ1n) is 4.91. The van der Waals surface area contributed by atoms with Crippen LogP contribution in [0, 0.1) is 0 Å². The third kappa shape index (κ3) is 1.77. The molecule has 0 bridgehead atoms. The van der Waals surface area contributed by atoms with Crippen molar-refractivity contribution < 1.29 is 20.1 Å². The van der Waals surface area contributed by atoms with Crippen LogP contribution in [-0.2, 0) is 10.5 Å². The van der Waals surface area contributed by atoms with E-state index >= 15 is 0 Å². The molecule has 3 atom stereocenters. The fourth-order valence-corrected chi connectivity index (χ4v) is 1.84. The van der Waals surface area contributed by atoms with E-state index in [0.29, 0.717) is 5.56 Å². The van der Waals surface area contributed by atoms with Crippen molar-refractivity contribution in [2.75, 3.05) is 6.61 Å². The van der Waals surface area contributed by atoms with E-state index in [2.05, 4.69) is 0 Å². The highest BCUT2D eigenvalue weighted by molar-refractivity contribution is 5.22. The summed E-state index contributed by atoms with van der Waals surface area (Å²) in [5, 5.41) is 28.8. The zero-order valence-electron chi connectivity index (χ0n) is 8.21. The van der Waals surface area contributed by atoms with Crippen LogP contribution in [0.15, 0.2) is 30.3 Å². The predicted molar refractivity (Wildman–Crippen MR) is 52.9 cm³/mol. The van der Waals surface area contributed by atoms with Crippen LogP contribution in [0.2, 0.25) is 0 Å². The van der Waals surface area contributed by atoms with Gasteiger partial charge >= 0.3 is 0 Å². The second-order valence-electron chi connectivity index (χ2n) is 3.74. The molecule has 1 fully saturated rings. The number of ether oxygens (including phenoxy) is 1. The van der Waals surface area contributed by atoms with Crippen molar-refractivity contribution >= 4 is 0 Å². The van der Waals surface area contributed by atoms with Crippen LogP contribution in [0.3, 0.4) is 0 Å². The molecule has 3 N–H and O–H groups in total. The van der Waals surface area contributed by atoms with Crippen LogP contribution in [0.5, 0.6) is 0 Å². The average molecular weight is 210 g/mol. The first kappa shape index (κ1) is 10.6. The van der Waals surface area contributed by atoms with Gasteiger partial charge in [-0.2, -0.15) is 0 Å². The fraction of sp³-hybridized carbons (Fsp3) is 0.455. The van der Waals surface area contributed by atoms with Crippen LogP contribution in [0.4, 0.5) is 0 Å². The van der Waals surface area contributed by atoms with Gasteiger partial charge in [-0.25, -0.2) is 0 Å². The van der Waals surface area contributed by atoms with E-state index in [1.54, 1.807) is 24.3 Å². The van der Waals surface area contributed by atoms with E-state index in [1.165, 1.54) is 0 Å². The highest BCUT2D eigenvalue weighted by atomic mass is 16.7. The molecular formula is C11H14O4. The third-order valence-electron chi connectivity index (χ3n) is 2.68. The van der Waals surface area contributed by atoms with Crippen LogP contribution in [0.25, 0.3) is 0 Å². The topological polar surface area (TPSA) is 69.9 Å². The lowest BCUT2D eigenvalue weighted by molar-refractivity contribution is -0.239. The van der Waals surface area contributed by atoms with Gasteiger partial charge in [0, 0.05) is 12.0 Å². The van der Waals surface area contributed by atoms with Crippen molar-refractivity contribution in [2.24, 2.45) is 0 Å². The summed E-state index contributed by atoms with van der Waals surface area (Å²) in [6, 6.07) is 8.70. The van der Waals surface area contributed by atoms with Crippen molar-refractivity contribution in [1.82, 2.24) is 0 Å². The van der Waals surface area contributed by atoms with Gasteiger partial charge in [0.2, 0.25) is 5.79 Å². The number of rotatable bonds is 2. The van der Waals surface area contributed by atoms with E-state index in [0.717, 1.165) is 0 Å². The Hall–Kier alpha value is -0.940. The lowest BCUT2D eigenvalue weighted by atomic mass is 10.00. The number of hydrogen-bond acceptors (Lipinski definition) is 4. The minimum atomic E-state index is -1.69. The first-order valence-corrected chi connectivity index (χ1v) is 4.91. The summed E-state index contributed by atoms with van der Waals surface area (Å²) < 4.78 is 5.25. The van der Waals surface area contributed by atoms with Crippen LogP contribution < -0.4 is 0 Å². The largest absolute Gasteiger partial charge is 0.394 e. The Bertz CT molecular complexity index is 327. The number of hydrogen-bond donors (Lipinski definition) is 3. The Labute approximate surface area is 87.7 Å². The Morgan fingerprint density at radius 2 is 2.00 bits per heavy atom. The van der Waals surface area contributed by atoms with Gasteiger partial charge in [0.25, 0.3) is 0 Å². The smallest absolute Gasteiger partial charge is 0.219 e. The van der Waals surface area contributed by atoms with Crippen molar-refractivity contribution in [1.29, 1.82) is 0 Å². The first-order chi connectivity index (χ1) is 7.16. The summed E-state index contributed by atoms with van der Waals surface area (Å²) in [6.07, 6.45) is -1.27. The molecule has 0 spiro atoms. The lowest BCUT2D eigenvalue weighted by Crippen LogP contribution is -2.36. The minimum absolute atomic E-state index is 0.202. The number of aliphatic hydroxyl groups is 3. The molecule has 1 aromatic rings. The zero-order chi connectivity index (χ0) is 10.9. The third-order valence-corrected chi connectivity index (χ3v) is 2.68. The maximum atomic E-state index is 10.1. The Balaban J connectivity index is 2.27. The lowest BCUT2D eigenvalue weighted by Gasteiger charge is -2.26. The molecule has 15 heavy (non-hydrogen) atoms. The molecule has 4 nitrogen and oxygen atoms in total. The van der Waals surface area contributed by atoms with E-state index < -0.39 is 18.0 Å². The molecule has 0 unspecified atom stereocenters. The molecule has 0 aliphatic carbocycles. The quantitative estimate of drug-likeness (QED) is 0.641. The van der Waals surface area contributed by atoms with Crippen molar-refractivity contribution in [3.8, 4) is 0 Å². The highest BCUT2D eigenvalue weighted by Gasteiger charge is 2.47. The van der Waals surface area contributed by atoms with Gasteiger partial charge in [-0.15, -0.1) is 0 Å². The standard InChI is InChI=1S/C11H14O4/c12-7-9-6-10(13)11(14,15-9)8-4-2-1-3-5-8/h1-5,9-10,12-14H,6-7H2/t9-,10+,11-/m0/s1. The molecule has 1 saturated heterocycles. The molecule has 0 amide bonds. The molecule has 0 saturated carbocycles. The van der Waals surface area contributed by atoms with E-state index in [1.807, 2.05) is 6.07 Å². The summed E-state index contributed by atoms with van der Waals surface area (Å²) in [6.45, 7) is -0.202. The van der Waals surface area contributed by atoms with Gasteiger partial charge in [0.05, 0.1) is 12.7 Å². The van der Waals surface area contributed by atoms with E-state index in [4.69, 9.17) is 9.84 Å².